The minimum Gasteiger partial charge on any atom is -0.459 e. The quantitative estimate of drug-likeness (QED) is 0.375. The molecule has 0 spiro atoms. The molecule has 0 aliphatic carbocycles. The van der Waals surface area contributed by atoms with E-state index in [1.54, 1.807) is 21.7 Å². The van der Waals surface area contributed by atoms with Crippen molar-refractivity contribution < 1.29 is 13.9 Å². The number of para-hydroxylation sites is 2. The summed E-state index contributed by atoms with van der Waals surface area (Å²) >= 11 is 0. The van der Waals surface area contributed by atoms with Gasteiger partial charge in [0, 0.05) is 6.54 Å². The van der Waals surface area contributed by atoms with Crippen LogP contribution in [0, 0.1) is 6.92 Å². The maximum Gasteiger partial charge on any atom is 0.289 e. The van der Waals surface area contributed by atoms with Crippen LogP contribution in [0.15, 0.2) is 83.5 Å². The Labute approximate surface area is 181 Å². The fourth-order valence-electron chi connectivity index (χ4n) is 3.44. The standard InChI is InChI=1S/C25H25N3O3/c1-3-16-27(24(29)23-15-10-17-30-23)18-22-19(2)26-28(20-11-6-4-7-12-20)25(22)31-21-13-8-5-9-14-21/h4-15,17H,3,16,18H2,1-2H3. The topological polar surface area (TPSA) is 60.5 Å². The van der Waals surface area contributed by atoms with Crippen LogP contribution in [0.4, 0.5) is 0 Å². The SMILES string of the molecule is CCCN(Cc1c(C)nn(-c2ccccc2)c1Oc1ccccc1)C(=O)c1ccco1. The molecule has 0 atom stereocenters. The minimum absolute atomic E-state index is 0.149. The number of aromatic nitrogens is 2. The molecule has 0 bridgehead atoms. The van der Waals surface area contributed by atoms with Gasteiger partial charge in [-0.3, -0.25) is 4.79 Å². The number of rotatable bonds is 8. The van der Waals surface area contributed by atoms with E-state index in [-0.39, 0.29) is 5.91 Å². The number of ether oxygens (including phenoxy) is 1. The molecular weight excluding hydrogens is 390 g/mol. The number of amides is 1. The van der Waals surface area contributed by atoms with Gasteiger partial charge in [-0.1, -0.05) is 43.3 Å². The second-order valence-corrected chi connectivity index (χ2v) is 7.24. The molecule has 4 aromatic rings. The molecule has 0 saturated heterocycles. The normalized spacial score (nSPS) is 10.8. The lowest BCUT2D eigenvalue weighted by molar-refractivity contribution is 0.0710. The Morgan fingerprint density at radius 1 is 1.03 bits per heavy atom. The maximum atomic E-state index is 13.0. The molecule has 2 aromatic heterocycles. The average molecular weight is 415 g/mol. The van der Waals surface area contributed by atoms with E-state index >= 15 is 0 Å². The van der Waals surface area contributed by atoms with Gasteiger partial charge >= 0.3 is 0 Å². The van der Waals surface area contributed by atoms with E-state index in [9.17, 15) is 4.79 Å². The third-order valence-electron chi connectivity index (χ3n) is 4.96. The Hall–Kier alpha value is -3.80. The lowest BCUT2D eigenvalue weighted by atomic mass is 10.2. The summed E-state index contributed by atoms with van der Waals surface area (Å²) < 4.78 is 13.4. The molecule has 0 radical (unpaired) electrons. The van der Waals surface area contributed by atoms with Crippen LogP contribution in [0.25, 0.3) is 5.69 Å². The van der Waals surface area contributed by atoms with Crippen LogP contribution in [0.1, 0.15) is 35.2 Å². The number of nitrogens with zero attached hydrogens (tertiary/aromatic N) is 3. The largest absolute Gasteiger partial charge is 0.459 e. The van der Waals surface area contributed by atoms with E-state index in [4.69, 9.17) is 14.3 Å². The summed E-state index contributed by atoms with van der Waals surface area (Å²) in [6, 6.07) is 22.8. The summed E-state index contributed by atoms with van der Waals surface area (Å²) in [5.74, 6) is 1.49. The van der Waals surface area contributed by atoms with E-state index in [0.717, 1.165) is 23.4 Å². The number of hydrogen-bond acceptors (Lipinski definition) is 4. The van der Waals surface area contributed by atoms with Gasteiger partial charge in [-0.15, -0.1) is 0 Å². The number of carbonyl (C=O) groups is 1. The van der Waals surface area contributed by atoms with Crippen LogP contribution in [0.5, 0.6) is 11.6 Å². The van der Waals surface area contributed by atoms with E-state index < -0.39 is 0 Å². The van der Waals surface area contributed by atoms with E-state index in [0.29, 0.717) is 30.5 Å². The number of benzene rings is 2. The molecule has 31 heavy (non-hydrogen) atoms. The van der Waals surface area contributed by atoms with Crippen molar-refractivity contribution in [2.45, 2.75) is 26.8 Å². The van der Waals surface area contributed by atoms with Crippen molar-refractivity contribution in [3.8, 4) is 17.3 Å². The number of aryl methyl sites for hydroxylation is 1. The molecule has 6 heteroatoms. The maximum absolute atomic E-state index is 13.0. The zero-order valence-electron chi connectivity index (χ0n) is 17.7. The van der Waals surface area contributed by atoms with Crippen molar-refractivity contribution in [3.63, 3.8) is 0 Å². The fraction of sp³-hybridized carbons (Fsp3) is 0.200. The molecule has 2 aromatic carbocycles. The molecule has 158 valence electrons. The van der Waals surface area contributed by atoms with Gasteiger partial charge in [0.05, 0.1) is 29.8 Å². The van der Waals surface area contributed by atoms with Crippen LogP contribution in [0.2, 0.25) is 0 Å². The Bertz CT molecular complexity index is 1120. The van der Waals surface area contributed by atoms with Crippen LogP contribution in [-0.2, 0) is 6.54 Å². The van der Waals surface area contributed by atoms with Crippen LogP contribution < -0.4 is 4.74 Å². The summed E-state index contributed by atoms with van der Waals surface area (Å²) in [6.45, 7) is 4.95. The molecule has 0 saturated carbocycles. The van der Waals surface area contributed by atoms with Crippen molar-refractivity contribution in [1.82, 2.24) is 14.7 Å². The first kappa shape index (κ1) is 20.5. The highest BCUT2D eigenvalue weighted by Gasteiger charge is 2.25. The first-order valence-corrected chi connectivity index (χ1v) is 10.4. The van der Waals surface area contributed by atoms with Gasteiger partial charge in [0.2, 0.25) is 5.88 Å². The monoisotopic (exact) mass is 415 g/mol. The average Bonchev–Trinajstić information content (AvgIpc) is 3.44. The summed E-state index contributed by atoms with van der Waals surface area (Å²) in [4.78, 5) is 14.8. The van der Waals surface area contributed by atoms with Gasteiger partial charge in [-0.05, 0) is 49.7 Å². The molecule has 4 rings (SSSR count). The summed E-state index contributed by atoms with van der Waals surface area (Å²) in [6.07, 6.45) is 2.34. The molecule has 0 fully saturated rings. The lowest BCUT2D eigenvalue weighted by Crippen LogP contribution is -2.31. The molecule has 6 nitrogen and oxygen atoms in total. The number of carbonyl (C=O) groups excluding carboxylic acids is 1. The van der Waals surface area contributed by atoms with Crippen molar-refractivity contribution in [3.05, 3.63) is 96.1 Å². The second-order valence-electron chi connectivity index (χ2n) is 7.24. The van der Waals surface area contributed by atoms with Crippen molar-refractivity contribution >= 4 is 5.91 Å². The van der Waals surface area contributed by atoms with Gasteiger partial charge < -0.3 is 14.1 Å². The Morgan fingerprint density at radius 2 is 1.74 bits per heavy atom. The first-order valence-electron chi connectivity index (χ1n) is 10.4. The number of furan rings is 1. The molecule has 0 N–H and O–H groups in total. The minimum atomic E-state index is -0.149. The molecule has 0 aliphatic rings. The fourth-order valence-corrected chi connectivity index (χ4v) is 3.44. The van der Waals surface area contributed by atoms with E-state index in [2.05, 4.69) is 0 Å². The van der Waals surface area contributed by atoms with Gasteiger partial charge in [0.15, 0.2) is 5.76 Å². The van der Waals surface area contributed by atoms with Gasteiger partial charge in [0.1, 0.15) is 5.75 Å². The predicted molar refractivity (Wildman–Crippen MR) is 119 cm³/mol. The molecule has 2 heterocycles. The third-order valence-corrected chi connectivity index (χ3v) is 4.96. The Morgan fingerprint density at radius 3 is 2.39 bits per heavy atom. The second kappa shape index (κ2) is 9.34. The number of hydrogen-bond donors (Lipinski definition) is 0. The highest BCUT2D eigenvalue weighted by atomic mass is 16.5. The zero-order chi connectivity index (χ0) is 21.6. The lowest BCUT2D eigenvalue weighted by Gasteiger charge is -2.21. The van der Waals surface area contributed by atoms with Gasteiger partial charge in [-0.25, -0.2) is 4.68 Å². The highest BCUT2D eigenvalue weighted by Crippen LogP contribution is 2.32. The van der Waals surface area contributed by atoms with E-state index in [1.165, 1.54) is 6.26 Å². The molecule has 0 unspecified atom stereocenters. The van der Waals surface area contributed by atoms with Crippen molar-refractivity contribution in [2.75, 3.05) is 6.54 Å². The molecule has 0 aliphatic heterocycles. The Kier molecular flexibility index (Phi) is 6.17. The summed E-state index contributed by atoms with van der Waals surface area (Å²) in [5, 5.41) is 4.74. The summed E-state index contributed by atoms with van der Waals surface area (Å²) in [5.41, 5.74) is 2.56. The predicted octanol–water partition coefficient (Wildman–Crippen LogP) is 5.62. The van der Waals surface area contributed by atoms with Gasteiger partial charge in [-0.2, -0.15) is 5.10 Å². The van der Waals surface area contributed by atoms with Crippen molar-refractivity contribution in [1.29, 1.82) is 0 Å². The summed E-state index contributed by atoms with van der Waals surface area (Å²) in [7, 11) is 0. The molecule has 1 amide bonds. The van der Waals surface area contributed by atoms with Gasteiger partial charge in [0.25, 0.3) is 5.91 Å². The third kappa shape index (κ3) is 4.53. The Balaban J connectivity index is 1.75. The molecular formula is C25H25N3O3. The smallest absolute Gasteiger partial charge is 0.289 e. The first-order chi connectivity index (χ1) is 15.2. The van der Waals surface area contributed by atoms with Crippen LogP contribution in [0.3, 0.4) is 0 Å². The van der Waals surface area contributed by atoms with E-state index in [1.807, 2.05) is 74.5 Å². The van der Waals surface area contributed by atoms with Crippen molar-refractivity contribution in [2.24, 2.45) is 0 Å². The zero-order valence-corrected chi connectivity index (χ0v) is 17.7. The van der Waals surface area contributed by atoms with Crippen LogP contribution in [-0.4, -0.2) is 27.1 Å². The van der Waals surface area contributed by atoms with Crippen LogP contribution >= 0.6 is 0 Å². The highest BCUT2D eigenvalue weighted by molar-refractivity contribution is 5.91.